The third-order valence-corrected chi connectivity index (χ3v) is 3.61. The number of benzene rings is 2. The van der Waals surface area contributed by atoms with E-state index in [4.69, 9.17) is 4.74 Å². The van der Waals surface area contributed by atoms with E-state index in [0.717, 1.165) is 22.2 Å². The number of anilines is 1. The first-order chi connectivity index (χ1) is 10.1. The molecule has 0 aromatic heterocycles. The standard InChI is InChI=1S/C16H16BrNO3/c1-21-15-5-3-2-4-11(15)8-9-18-14-7-6-12(17)10-13(14)16(19)20/h2-7,10,18H,8-9H2,1H3,(H,19,20). The lowest BCUT2D eigenvalue weighted by Crippen LogP contribution is -2.10. The maximum Gasteiger partial charge on any atom is 0.337 e. The number of carboxylic acid groups (broad SMARTS) is 1. The van der Waals surface area contributed by atoms with Gasteiger partial charge >= 0.3 is 5.97 Å². The van der Waals surface area contributed by atoms with Gasteiger partial charge in [0, 0.05) is 16.7 Å². The van der Waals surface area contributed by atoms with Crippen LogP contribution in [0.3, 0.4) is 0 Å². The molecule has 4 nitrogen and oxygen atoms in total. The zero-order valence-electron chi connectivity index (χ0n) is 11.6. The van der Waals surface area contributed by atoms with E-state index in [0.29, 0.717) is 12.2 Å². The lowest BCUT2D eigenvalue weighted by molar-refractivity contribution is 0.0698. The molecule has 21 heavy (non-hydrogen) atoms. The summed E-state index contributed by atoms with van der Waals surface area (Å²) in [5.41, 5.74) is 1.95. The lowest BCUT2D eigenvalue weighted by atomic mass is 10.1. The van der Waals surface area contributed by atoms with Crippen molar-refractivity contribution < 1.29 is 14.6 Å². The summed E-state index contributed by atoms with van der Waals surface area (Å²) in [6, 6.07) is 13.0. The molecule has 0 amide bonds. The zero-order chi connectivity index (χ0) is 15.2. The van der Waals surface area contributed by atoms with Crippen molar-refractivity contribution in [2.45, 2.75) is 6.42 Å². The summed E-state index contributed by atoms with van der Waals surface area (Å²) in [5.74, 6) is -0.107. The predicted molar refractivity (Wildman–Crippen MR) is 86.3 cm³/mol. The number of hydrogen-bond acceptors (Lipinski definition) is 3. The van der Waals surface area contributed by atoms with Crippen molar-refractivity contribution in [3.8, 4) is 5.75 Å². The first-order valence-electron chi connectivity index (χ1n) is 6.50. The number of carbonyl (C=O) groups is 1. The van der Waals surface area contributed by atoms with E-state index in [-0.39, 0.29) is 5.56 Å². The number of halogens is 1. The highest BCUT2D eigenvalue weighted by Crippen LogP contribution is 2.22. The Bertz CT molecular complexity index is 643. The zero-order valence-corrected chi connectivity index (χ0v) is 13.2. The van der Waals surface area contributed by atoms with E-state index >= 15 is 0 Å². The molecule has 0 radical (unpaired) electrons. The third kappa shape index (κ3) is 3.98. The van der Waals surface area contributed by atoms with Gasteiger partial charge in [-0.15, -0.1) is 0 Å². The molecule has 0 bridgehead atoms. The van der Waals surface area contributed by atoms with Gasteiger partial charge in [-0.3, -0.25) is 0 Å². The largest absolute Gasteiger partial charge is 0.496 e. The van der Waals surface area contributed by atoms with Crippen LogP contribution in [0, 0.1) is 0 Å². The summed E-state index contributed by atoms with van der Waals surface area (Å²) in [5, 5.41) is 12.4. The molecule has 0 atom stereocenters. The molecule has 0 fully saturated rings. The van der Waals surface area contributed by atoms with Crippen LogP contribution in [0.25, 0.3) is 0 Å². The Morgan fingerprint density at radius 1 is 1.29 bits per heavy atom. The smallest absolute Gasteiger partial charge is 0.337 e. The van der Waals surface area contributed by atoms with Crippen LogP contribution >= 0.6 is 15.9 Å². The Kier molecular flexibility index (Phi) is 5.22. The number of carboxylic acids is 1. The highest BCUT2D eigenvalue weighted by molar-refractivity contribution is 9.10. The number of aromatic carboxylic acids is 1. The molecule has 0 aliphatic carbocycles. The highest BCUT2D eigenvalue weighted by Gasteiger charge is 2.10. The van der Waals surface area contributed by atoms with Gasteiger partial charge in [0.1, 0.15) is 5.75 Å². The van der Waals surface area contributed by atoms with Gasteiger partial charge in [0.2, 0.25) is 0 Å². The lowest BCUT2D eigenvalue weighted by Gasteiger charge is -2.12. The van der Waals surface area contributed by atoms with Crippen LogP contribution < -0.4 is 10.1 Å². The Labute approximate surface area is 131 Å². The topological polar surface area (TPSA) is 58.6 Å². The van der Waals surface area contributed by atoms with Crippen molar-refractivity contribution in [1.29, 1.82) is 0 Å². The minimum absolute atomic E-state index is 0.254. The molecular formula is C16H16BrNO3. The Hall–Kier alpha value is -2.01. The van der Waals surface area contributed by atoms with Gasteiger partial charge in [-0.05, 0) is 36.2 Å². The summed E-state index contributed by atoms with van der Waals surface area (Å²) in [6.07, 6.45) is 0.749. The molecule has 2 aromatic rings. The number of nitrogens with one attached hydrogen (secondary N) is 1. The second-order valence-electron chi connectivity index (χ2n) is 4.48. The second kappa shape index (κ2) is 7.13. The minimum Gasteiger partial charge on any atom is -0.496 e. The fourth-order valence-corrected chi connectivity index (χ4v) is 2.45. The third-order valence-electron chi connectivity index (χ3n) is 3.11. The number of rotatable bonds is 6. The Morgan fingerprint density at radius 2 is 2.05 bits per heavy atom. The van der Waals surface area contributed by atoms with Crippen LogP contribution in [0.2, 0.25) is 0 Å². The van der Waals surface area contributed by atoms with E-state index in [9.17, 15) is 9.90 Å². The molecule has 0 heterocycles. The molecule has 5 heteroatoms. The minimum atomic E-state index is -0.948. The SMILES string of the molecule is COc1ccccc1CCNc1ccc(Br)cc1C(=O)O. The van der Waals surface area contributed by atoms with Crippen LogP contribution in [0.1, 0.15) is 15.9 Å². The number of hydrogen-bond donors (Lipinski definition) is 2. The molecule has 2 aromatic carbocycles. The van der Waals surface area contributed by atoms with Crippen LogP contribution in [-0.4, -0.2) is 24.7 Å². The Morgan fingerprint density at radius 3 is 2.76 bits per heavy atom. The van der Waals surface area contributed by atoms with Crippen LogP contribution in [0.5, 0.6) is 5.75 Å². The molecule has 110 valence electrons. The molecule has 0 saturated carbocycles. The van der Waals surface area contributed by atoms with Gasteiger partial charge in [0.15, 0.2) is 0 Å². The molecule has 0 spiro atoms. The average molecular weight is 350 g/mol. The second-order valence-corrected chi connectivity index (χ2v) is 5.40. The van der Waals surface area contributed by atoms with Gasteiger partial charge in [-0.25, -0.2) is 4.79 Å². The first-order valence-corrected chi connectivity index (χ1v) is 7.29. The molecule has 0 saturated heterocycles. The van der Waals surface area contributed by atoms with Gasteiger partial charge in [0.25, 0.3) is 0 Å². The summed E-state index contributed by atoms with van der Waals surface area (Å²) in [7, 11) is 1.64. The maximum atomic E-state index is 11.2. The maximum absolute atomic E-state index is 11.2. The van der Waals surface area contributed by atoms with Gasteiger partial charge in [0.05, 0.1) is 12.7 Å². The first kappa shape index (κ1) is 15.4. The van der Waals surface area contributed by atoms with Crippen molar-refractivity contribution >= 4 is 27.6 Å². The van der Waals surface area contributed by atoms with E-state index in [1.807, 2.05) is 30.3 Å². The van der Waals surface area contributed by atoms with Crippen molar-refractivity contribution in [1.82, 2.24) is 0 Å². The van der Waals surface area contributed by atoms with Crippen molar-refractivity contribution in [3.05, 3.63) is 58.1 Å². The molecule has 2 N–H and O–H groups in total. The van der Waals surface area contributed by atoms with E-state index < -0.39 is 5.97 Å². The summed E-state index contributed by atoms with van der Waals surface area (Å²) >= 11 is 3.28. The van der Waals surface area contributed by atoms with Crippen molar-refractivity contribution in [2.24, 2.45) is 0 Å². The number of methoxy groups -OCH3 is 1. The summed E-state index contributed by atoms with van der Waals surface area (Å²) in [4.78, 5) is 11.2. The summed E-state index contributed by atoms with van der Waals surface area (Å²) in [6.45, 7) is 0.627. The highest BCUT2D eigenvalue weighted by atomic mass is 79.9. The quantitative estimate of drug-likeness (QED) is 0.832. The fourth-order valence-electron chi connectivity index (χ4n) is 2.09. The molecule has 0 unspecified atom stereocenters. The van der Waals surface area contributed by atoms with Gasteiger partial charge in [-0.2, -0.15) is 0 Å². The van der Waals surface area contributed by atoms with Crippen molar-refractivity contribution in [3.63, 3.8) is 0 Å². The fraction of sp³-hybridized carbons (Fsp3) is 0.188. The van der Waals surface area contributed by atoms with Gasteiger partial charge < -0.3 is 15.2 Å². The monoisotopic (exact) mass is 349 g/mol. The number of para-hydroxylation sites is 1. The van der Waals surface area contributed by atoms with E-state index in [2.05, 4.69) is 21.2 Å². The normalized spacial score (nSPS) is 10.2. The van der Waals surface area contributed by atoms with Crippen molar-refractivity contribution in [2.75, 3.05) is 19.0 Å². The summed E-state index contributed by atoms with van der Waals surface area (Å²) < 4.78 is 6.04. The van der Waals surface area contributed by atoms with Crippen LogP contribution in [0.4, 0.5) is 5.69 Å². The molecule has 0 aliphatic rings. The van der Waals surface area contributed by atoms with Crippen LogP contribution in [-0.2, 0) is 6.42 Å². The molecule has 0 aliphatic heterocycles. The Balaban J connectivity index is 2.05. The number of ether oxygens (including phenoxy) is 1. The molecule has 2 rings (SSSR count). The van der Waals surface area contributed by atoms with E-state index in [1.165, 1.54) is 0 Å². The van der Waals surface area contributed by atoms with Gasteiger partial charge in [-0.1, -0.05) is 34.1 Å². The average Bonchev–Trinajstić information content (AvgIpc) is 2.49. The molecular weight excluding hydrogens is 334 g/mol. The van der Waals surface area contributed by atoms with Crippen LogP contribution in [0.15, 0.2) is 46.9 Å². The predicted octanol–water partition coefficient (Wildman–Crippen LogP) is 3.81. The van der Waals surface area contributed by atoms with E-state index in [1.54, 1.807) is 19.2 Å².